The van der Waals surface area contributed by atoms with Gasteiger partial charge in [-0.25, -0.2) is 4.39 Å². The van der Waals surface area contributed by atoms with Crippen LogP contribution < -0.4 is 0 Å². The molecule has 1 aromatic rings. The van der Waals surface area contributed by atoms with Crippen molar-refractivity contribution >= 4 is 0 Å². The Morgan fingerprint density at radius 1 is 1.18 bits per heavy atom. The van der Waals surface area contributed by atoms with E-state index in [0.29, 0.717) is 12.0 Å². The molecule has 0 aliphatic heterocycles. The minimum absolute atomic E-state index is 0.221. The van der Waals surface area contributed by atoms with Crippen molar-refractivity contribution in [1.82, 2.24) is 0 Å². The number of halogens is 1. The van der Waals surface area contributed by atoms with Crippen LogP contribution >= 0.6 is 0 Å². The van der Waals surface area contributed by atoms with E-state index in [0.717, 1.165) is 19.3 Å². The normalized spacial score (nSPS) is 14.6. The van der Waals surface area contributed by atoms with Crippen LogP contribution in [-0.4, -0.2) is 10.7 Å². The number of rotatable bonds is 7. The summed E-state index contributed by atoms with van der Waals surface area (Å²) < 4.78 is 13.5. The molecule has 1 N–H and O–H groups in total. The lowest BCUT2D eigenvalue weighted by Crippen LogP contribution is -2.27. The van der Waals surface area contributed by atoms with Gasteiger partial charge in [-0.05, 0) is 25.0 Å². The van der Waals surface area contributed by atoms with Gasteiger partial charge in [-0.15, -0.1) is 0 Å². The Morgan fingerprint density at radius 2 is 1.88 bits per heavy atom. The van der Waals surface area contributed by atoms with E-state index in [2.05, 4.69) is 6.92 Å². The maximum absolute atomic E-state index is 13.5. The summed E-state index contributed by atoms with van der Waals surface area (Å²) in [6.45, 7) is 3.96. The van der Waals surface area contributed by atoms with Gasteiger partial charge in [0.2, 0.25) is 0 Å². The fourth-order valence-corrected chi connectivity index (χ4v) is 2.07. The minimum Gasteiger partial charge on any atom is -0.390 e. The third-order valence-electron chi connectivity index (χ3n) is 3.10. The molecule has 0 spiro atoms. The summed E-state index contributed by atoms with van der Waals surface area (Å²) in [6.07, 6.45) is 5.68. The van der Waals surface area contributed by atoms with Crippen molar-refractivity contribution < 1.29 is 9.50 Å². The van der Waals surface area contributed by atoms with E-state index in [1.165, 1.54) is 18.9 Å². The van der Waals surface area contributed by atoms with E-state index in [1.54, 1.807) is 19.1 Å². The Morgan fingerprint density at radius 3 is 2.53 bits per heavy atom. The van der Waals surface area contributed by atoms with Gasteiger partial charge < -0.3 is 5.11 Å². The van der Waals surface area contributed by atoms with Crippen molar-refractivity contribution in [3.8, 4) is 0 Å². The third kappa shape index (κ3) is 5.31. The highest BCUT2D eigenvalue weighted by Gasteiger charge is 2.21. The van der Waals surface area contributed by atoms with Gasteiger partial charge in [-0.1, -0.05) is 50.8 Å². The topological polar surface area (TPSA) is 20.2 Å². The highest BCUT2D eigenvalue weighted by molar-refractivity contribution is 5.19. The van der Waals surface area contributed by atoms with Crippen LogP contribution in [0.1, 0.15) is 51.5 Å². The van der Waals surface area contributed by atoms with E-state index in [1.807, 2.05) is 6.07 Å². The summed E-state index contributed by atoms with van der Waals surface area (Å²) in [6, 6.07) is 6.68. The molecule has 0 fully saturated rings. The second-order valence-electron chi connectivity index (χ2n) is 5.08. The Hall–Kier alpha value is -0.890. The largest absolute Gasteiger partial charge is 0.390 e. The lowest BCUT2D eigenvalue weighted by Gasteiger charge is -2.23. The SMILES string of the molecule is CCCCCCC(C)(O)Cc1ccccc1F. The summed E-state index contributed by atoms with van der Waals surface area (Å²) in [5, 5.41) is 10.2. The first-order valence-corrected chi connectivity index (χ1v) is 6.51. The zero-order valence-electron chi connectivity index (χ0n) is 10.9. The smallest absolute Gasteiger partial charge is 0.126 e. The molecular formula is C15H23FO. The van der Waals surface area contributed by atoms with Gasteiger partial charge in [0.05, 0.1) is 5.60 Å². The number of benzene rings is 1. The summed E-state index contributed by atoms with van der Waals surface area (Å²) in [5.41, 5.74) is -0.191. The molecule has 17 heavy (non-hydrogen) atoms. The van der Waals surface area contributed by atoms with E-state index >= 15 is 0 Å². The fraction of sp³-hybridized carbons (Fsp3) is 0.600. The van der Waals surface area contributed by atoms with Crippen molar-refractivity contribution in [2.75, 3.05) is 0 Å². The highest BCUT2D eigenvalue weighted by atomic mass is 19.1. The second kappa shape index (κ2) is 6.75. The monoisotopic (exact) mass is 238 g/mol. The molecule has 0 saturated carbocycles. The van der Waals surface area contributed by atoms with Gasteiger partial charge in [-0.3, -0.25) is 0 Å². The lowest BCUT2D eigenvalue weighted by molar-refractivity contribution is 0.0476. The van der Waals surface area contributed by atoms with Crippen LogP contribution in [0.25, 0.3) is 0 Å². The van der Waals surface area contributed by atoms with Crippen molar-refractivity contribution in [3.05, 3.63) is 35.6 Å². The zero-order valence-corrected chi connectivity index (χ0v) is 10.9. The molecule has 1 nitrogen and oxygen atoms in total. The minimum atomic E-state index is -0.796. The molecule has 2 heteroatoms. The maximum Gasteiger partial charge on any atom is 0.126 e. The standard InChI is InChI=1S/C15H23FO/c1-3-4-5-8-11-15(2,17)12-13-9-6-7-10-14(13)16/h6-7,9-10,17H,3-5,8,11-12H2,1-2H3. The number of unbranched alkanes of at least 4 members (excludes halogenated alkanes) is 3. The first-order chi connectivity index (χ1) is 8.05. The van der Waals surface area contributed by atoms with Crippen LogP contribution in [0.5, 0.6) is 0 Å². The molecule has 0 aliphatic rings. The Balaban J connectivity index is 2.46. The summed E-state index contributed by atoms with van der Waals surface area (Å²) in [5.74, 6) is -0.221. The van der Waals surface area contributed by atoms with Gasteiger partial charge in [0.25, 0.3) is 0 Å². The molecule has 0 saturated heterocycles. The predicted molar refractivity (Wildman–Crippen MR) is 69.5 cm³/mol. The van der Waals surface area contributed by atoms with Gasteiger partial charge in [0.1, 0.15) is 5.82 Å². The van der Waals surface area contributed by atoms with Crippen molar-refractivity contribution in [2.45, 2.75) is 58.0 Å². The quantitative estimate of drug-likeness (QED) is 0.709. The summed E-state index contributed by atoms with van der Waals surface area (Å²) in [4.78, 5) is 0. The predicted octanol–water partition coefficient (Wildman–Crippen LogP) is 4.09. The van der Waals surface area contributed by atoms with E-state index < -0.39 is 5.60 Å². The molecule has 0 radical (unpaired) electrons. The average molecular weight is 238 g/mol. The van der Waals surface area contributed by atoms with Crippen LogP contribution in [0.2, 0.25) is 0 Å². The Kier molecular flexibility index (Phi) is 5.63. The Labute approximate surface area is 104 Å². The van der Waals surface area contributed by atoms with Crippen molar-refractivity contribution in [2.24, 2.45) is 0 Å². The molecule has 96 valence electrons. The highest BCUT2D eigenvalue weighted by Crippen LogP contribution is 2.21. The second-order valence-corrected chi connectivity index (χ2v) is 5.08. The number of hydrogen-bond donors (Lipinski definition) is 1. The van der Waals surface area contributed by atoms with Gasteiger partial charge >= 0.3 is 0 Å². The molecule has 0 heterocycles. The zero-order chi connectivity index (χ0) is 12.7. The Bertz CT molecular complexity index is 333. The fourth-order valence-electron chi connectivity index (χ4n) is 2.07. The molecule has 0 aliphatic carbocycles. The van der Waals surface area contributed by atoms with Gasteiger partial charge in [0, 0.05) is 6.42 Å². The molecule has 1 unspecified atom stereocenters. The lowest BCUT2D eigenvalue weighted by atomic mass is 9.90. The number of aliphatic hydroxyl groups is 1. The molecule has 1 rings (SSSR count). The van der Waals surface area contributed by atoms with E-state index in [4.69, 9.17) is 0 Å². The van der Waals surface area contributed by atoms with Crippen LogP contribution in [0.15, 0.2) is 24.3 Å². The number of hydrogen-bond acceptors (Lipinski definition) is 1. The summed E-state index contributed by atoms with van der Waals surface area (Å²) in [7, 11) is 0. The average Bonchev–Trinajstić information content (AvgIpc) is 2.28. The van der Waals surface area contributed by atoms with Crippen molar-refractivity contribution in [1.29, 1.82) is 0 Å². The first kappa shape index (κ1) is 14.2. The van der Waals surface area contributed by atoms with Crippen LogP contribution in [0.3, 0.4) is 0 Å². The van der Waals surface area contributed by atoms with E-state index in [9.17, 15) is 9.50 Å². The first-order valence-electron chi connectivity index (χ1n) is 6.51. The molecule has 1 atom stereocenters. The molecule has 1 aromatic carbocycles. The van der Waals surface area contributed by atoms with Gasteiger partial charge in [0.15, 0.2) is 0 Å². The van der Waals surface area contributed by atoms with E-state index in [-0.39, 0.29) is 5.82 Å². The van der Waals surface area contributed by atoms with Crippen LogP contribution in [-0.2, 0) is 6.42 Å². The molecule has 0 amide bonds. The van der Waals surface area contributed by atoms with Crippen LogP contribution in [0, 0.1) is 5.82 Å². The summed E-state index contributed by atoms with van der Waals surface area (Å²) >= 11 is 0. The van der Waals surface area contributed by atoms with Crippen LogP contribution in [0.4, 0.5) is 4.39 Å². The maximum atomic E-state index is 13.5. The molecule has 0 aromatic heterocycles. The molecular weight excluding hydrogens is 215 g/mol. The molecule has 0 bridgehead atoms. The van der Waals surface area contributed by atoms with Gasteiger partial charge in [-0.2, -0.15) is 0 Å². The van der Waals surface area contributed by atoms with Crippen molar-refractivity contribution in [3.63, 3.8) is 0 Å². The third-order valence-corrected chi connectivity index (χ3v) is 3.10.